The molecule has 1 aliphatic heterocycles. The molecule has 1 atom stereocenters. The van der Waals surface area contributed by atoms with Crippen LogP contribution in [-0.4, -0.2) is 27.5 Å². The third-order valence-corrected chi connectivity index (χ3v) is 5.48. The zero-order valence-electron chi connectivity index (χ0n) is 15.5. The van der Waals surface area contributed by atoms with Crippen molar-refractivity contribution in [2.45, 2.75) is 39.8 Å². The van der Waals surface area contributed by atoms with E-state index in [9.17, 15) is 0 Å². The Morgan fingerprint density at radius 1 is 1.20 bits per heavy atom. The number of allylic oxidation sites excluding steroid dienone is 1. The molecule has 0 fully saturated rings. The highest BCUT2D eigenvalue weighted by Crippen LogP contribution is 2.34. The Balaban J connectivity index is 1.93. The fourth-order valence-electron chi connectivity index (χ4n) is 3.82. The van der Waals surface area contributed by atoms with Crippen LogP contribution in [0, 0.1) is 6.92 Å². The first-order valence-electron chi connectivity index (χ1n) is 8.96. The molecule has 128 valence electrons. The van der Waals surface area contributed by atoms with Crippen molar-refractivity contribution < 1.29 is 0 Å². The summed E-state index contributed by atoms with van der Waals surface area (Å²) in [6, 6.07) is 11.5. The summed E-state index contributed by atoms with van der Waals surface area (Å²) in [6.07, 6.45) is 7.09. The van der Waals surface area contributed by atoms with Gasteiger partial charge in [-0.1, -0.05) is 11.6 Å². The molecule has 1 aromatic carbocycles. The van der Waals surface area contributed by atoms with E-state index in [2.05, 4.69) is 78.8 Å². The van der Waals surface area contributed by atoms with E-state index in [0.717, 1.165) is 13.0 Å². The van der Waals surface area contributed by atoms with Gasteiger partial charge in [-0.3, -0.25) is 9.88 Å². The van der Waals surface area contributed by atoms with E-state index in [4.69, 9.17) is 0 Å². The van der Waals surface area contributed by atoms with Crippen LogP contribution in [0.4, 0.5) is 0 Å². The molecule has 25 heavy (non-hydrogen) atoms. The minimum absolute atomic E-state index is 0.561. The topological polar surface area (TPSA) is 21.1 Å². The van der Waals surface area contributed by atoms with Gasteiger partial charge in [0.05, 0.1) is 5.52 Å². The van der Waals surface area contributed by atoms with Gasteiger partial charge in [0, 0.05) is 48.7 Å². The molecular formula is C22H25N3. The molecular weight excluding hydrogens is 306 g/mol. The summed E-state index contributed by atoms with van der Waals surface area (Å²) in [6.45, 7) is 7.69. The molecule has 0 spiro atoms. The number of fused-ring (bicyclic) bond motifs is 3. The molecule has 0 saturated heterocycles. The summed E-state index contributed by atoms with van der Waals surface area (Å²) in [5, 5.41) is 1.40. The predicted octanol–water partition coefficient (Wildman–Crippen LogP) is 4.74. The zero-order valence-corrected chi connectivity index (χ0v) is 15.5. The van der Waals surface area contributed by atoms with Gasteiger partial charge < -0.3 is 4.57 Å². The molecule has 3 heterocycles. The van der Waals surface area contributed by atoms with E-state index in [1.54, 1.807) is 0 Å². The minimum Gasteiger partial charge on any atom is -0.320 e. The van der Waals surface area contributed by atoms with E-state index < -0.39 is 0 Å². The molecule has 0 aliphatic carbocycles. The second kappa shape index (κ2) is 6.16. The van der Waals surface area contributed by atoms with Crippen LogP contribution in [0.25, 0.3) is 22.7 Å². The van der Waals surface area contributed by atoms with E-state index in [0.29, 0.717) is 6.04 Å². The van der Waals surface area contributed by atoms with Gasteiger partial charge in [0.1, 0.15) is 0 Å². The van der Waals surface area contributed by atoms with Crippen LogP contribution in [-0.2, 0) is 13.0 Å². The van der Waals surface area contributed by atoms with Gasteiger partial charge in [0.15, 0.2) is 0 Å². The van der Waals surface area contributed by atoms with Crippen LogP contribution in [0.3, 0.4) is 0 Å². The number of benzene rings is 1. The lowest BCUT2D eigenvalue weighted by molar-refractivity contribution is 0.230. The average molecular weight is 331 g/mol. The summed E-state index contributed by atoms with van der Waals surface area (Å²) >= 11 is 0. The van der Waals surface area contributed by atoms with E-state index in [1.807, 2.05) is 12.4 Å². The maximum Gasteiger partial charge on any atom is 0.0529 e. The van der Waals surface area contributed by atoms with Crippen LogP contribution < -0.4 is 0 Å². The summed E-state index contributed by atoms with van der Waals surface area (Å²) < 4.78 is 2.42. The number of pyridine rings is 1. The highest BCUT2D eigenvalue weighted by Gasteiger charge is 2.26. The number of hydrogen-bond acceptors (Lipinski definition) is 2. The van der Waals surface area contributed by atoms with Crippen LogP contribution in [0.2, 0.25) is 0 Å². The molecule has 0 radical (unpaired) electrons. The van der Waals surface area contributed by atoms with Gasteiger partial charge in [-0.2, -0.15) is 0 Å². The fraction of sp³-hybridized carbons (Fsp3) is 0.318. The van der Waals surface area contributed by atoms with Gasteiger partial charge in [-0.15, -0.1) is 0 Å². The monoisotopic (exact) mass is 331 g/mol. The number of aryl methyl sites for hydroxylation is 1. The Morgan fingerprint density at radius 3 is 2.72 bits per heavy atom. The van der Waals surface area contributed by atoms with Crippen molar-refractivity contribution in [2.75, 3.05) is 7.05 Å². The molecule has 0 bridgehead atoms. The van der Waals surface area contributed by atoms with Gasteiger partial charge in [0.2, 0.25) is 0 Å². The predicted molar refractivity (Wildman–Crippen MR) is 105 cm³/mol. The van der Waals surface area contributed by atoms with Gasteiger partial charge >= 0.3 is 0 Å². The van der Waals surface area contributed by atoms with Crippen molar-refractivity contribution in [2.24, 2.45) is 0 Å². The molecule has 3 nitrogen and oxygen atoms in total. The number of nitrogens with zero attached hydrogens (tertiary/aromatic N) is 3. The zero-order chi connectivity index (χ0) is 17.6. The summed E-state index contributed by atoms with van der Waals surface area (Å²) in [7, 11) is 2.23. The van der Waals surface area contributed by atoms with Crippen LogP contribution in [0.5, 0.6) is 0 Å². The van der Waals surface area contributed by atoms with Gasteiger partial charge in [0.25, 0.3) is 0 Å². The van der Waals surface area contributed by atoms with Crippen LogP contribution in [0.1, 0.15) is 36.2 Å². The Bertz CT molecular complexity index is 950. The highest BCUT2D eigenvalue weighted by atomic mass is 15.1. The lowest BCUT2D eigenvalue weighted by atomic mass is 9.99. The van der Waals surface area contributed by atoms with Crippen LogP contribution in [0.15, 0.2) is 42.7 Å². The van der Waals surface area contributed by atoms with Crippen LogP contribution >= 0.6 is 0 Å². The van der Waals surface area contributed by atoms with Gasteiger partial charge in [-0.25, -0.2) is 0 Å². The third-order valence-electron chi connectivity index (χ3n) is 5.48. The largest absolute Gasteiger partial charge is 0.320 e. The van der Waals surface area contributed by atoms with Crippen molar-refractivity contribution >= 4 is 22.7 Å². The molecule has 3 aromatic rings. The summed E-state index contributed by atoms with van der Waals surface area (Å²) in [5.74, 6) is 0. The quantitative estimate of drug-likeness (QED) is 0.676. The fourth-order valence-corrected chi connectivity index (χ4v) is 3.82. The molecule has 3 heteroatoms. The summed E-state index contributed by atoms with van der Waals surface area (Å²) in [4.78, 5) is 6.59. The third kappa shape index (κ3) is 2.79. The van der Waals surface area contributed by atoms with Crippen molar-refractivity contribution in [3.8, 4) is 0 Å². The second-order valence-electron chi connectivity index (χ2n) is 7.33. The molecule has 0 saturated carbocycles. The van der Waals surface area contributed by atoms with E-state index in [-0.39, 0.29) is 0 Å². The molecule has 2 aromatic heterocycles. The Labute approximate surface area is 149 Å². The molecule has 0 N–H and O–H groups in total. The van der Waals surface area contributed by atoms with Crippen molar-refractivity contribution in [3.05, 3.63) is 65.1 Å². The van der Waals surface area contributed by atoms with Crippen molar-refractivity contribution in [1.29, 1.82) is 0 Å². The smallest absolute Gasteiger partial charge is 0.0529 e. The normalized spacial score (nSPS) is 18.6. The van der Waals surface area contributed by atoms with E-state index >= 15 is 0 Å². The molecule has 1 aliphatic rings. The molecule has 4 rings (SSSR count). The lowest BCUT2D eigenvalue weighted by Gasteiger charge is -2.30. The van der Waals surface area contributed by atoms with Crippen molar-refractivity contribution in [3.63, 3.8) is 0 Å². The Kier molecular flexibility index (Phi) is 3.97. The lowest BCUT2D eigenvalue weighted by Crippen LogP contribution is -2.35. The second-order valence-corrected chi connectivity index (χ2v) is 7.33. The number of rotatable bonds is 2. The standard InChI is InChI=1S/C22H25N3/c1-15-5-6-21-19(11-15)20-14-24(4)17(3)12-22(20)25(21)13-16(2)18-7-9-23-10-8-18/h5-11,13,17H,12,14H2,1-4H3/t17-/m1/s1. The van der Waals surface area contributed by atoms with Gasteiger partial charge in [-0.05, 0) is 68.8 Å². The maximum atomic E-state index is 4.13. The number of hydrogen-bond donors (Lipinski definition) is 0. The Hall–Kier alpha value is -2.39. The first-order chi connectivity index (χ1) is 12.0. The Morgan fingerprint density at radius 2 is 1.96 bits per heavy atom. The summed E-state index contributed by atoms with van der Waals surface area (Å²) in [5.41, 5.74) is 8.06. The number of aromatic nitrogens is 2. The molecule has 0 unspecified atom stereocenters. The first kappa shape index (κ1) is 16.1. The average Bonchev–Trinajstić information content (AvgIpc) is 2.89. The maximum absolute atomic E-state index is 4.13. The first-order valence-corrected chi connectivity index (χ1v) is 8.96. The highest BCUT2D eigenvalue weighted by molar-refractivity contribution is 5.90. The number of likely N-dealkylation sites (N-methyl/N-ethyl adjacent to an activating group) is 1. The van der Waals surface area contributed by atoms with Crippen molar-refractivity contribution in [1.82, 2.24) is 14.5 Å². The minimum atomic E-state index is 0.561. The SMILES string of the molecule is CC(=Cn1c2c(c3cc(C)ccc31)CN(C)[C@H](C)C2)c1ccncc1. The van der Waals surface area contributed by atoms with E-state index in [1.165, 1.54) is 38.9 Å². The molecule has 0 amide bonds.